The number of carbonyl (C=O) groups excluding carboxylic acids is 1. The summed E-state index contributed by atoms with van der Waals surface area (Å²) < 4.78 is 23.8. The van der Waals surface area contributed by atoms with Gasteiger partial charge in [-0.05, 0) is 44.1 Å². The SMILES string of the molecule is NCC1CCCCC1CNC(=O)C1CCCCS1(=O)=O. The molecule has 1 aliphatic carbocycles. The summed E-state index contributed by atoms with van der Waals surface area (Å²) in [5.74, 6) is 0.724. The number of hydrogen-bond donors (Lipinski definition) is 2. The van der Waals surface area contributed by atoms with Crippen LogP contribution < -0.4 is 11.1 Å². The maximum absolute atomic E-state index is 12.1. The van der Waals surface area contributed by atoms with E-state index in [0.717, 1.165) is 19.3 Å². The largest absolute Gasteiger partial charge is 0.355 e. The van der Waals surface area contributed by atoms with Crippen LogP contribution in [0.3, 0.4) is 0 Å². The molecule has 1 saturated heterocycles. The minimum absolute atomic E-state index is 0.153. The lowest BCUT2D eigenvalue weighted by atomic mass is 9.79. The Morgan fingerprint density at radius 2 is 1.70 bits per heavy atom. The van der Waals surface area contributed by atoms with Gasteiger partial charge in [0.15, 0.2) is 9.84 Å². The summed E-state index contributed by atoms with van der Waals surface area (Å²) in [5, 5.41) is 2.05. The van der Waals surface area contributed by atoms with E-state index in [0.29, 0.717) is 37.8 Å². The van der Waals surface area contributed by atoms with E-state index in [-0.39, 0.29) is 11.7 Å². The smallest absolute Gasteiger partial charge is 0.238 e. The molecule has 3 atom stereocenters. The van der Waals surface area contributed by atoms with E-state index in [9.17, 15) is 13.2 Å². The molecule has 2 rings (SSSR count). The molecule has 5 nitrogen and oxygen atoms in total. The summed E-state index contributed by atoms with van der Waals surface area (Å²) in [6, 6.07) is 0. The number of carbonyl (C=O) groups is 1. The van der Waals surface area contributed by atoms with Crippen LogP contribution in [0, 0.1) is 11.8 Å². The number of nitrogens with two attached hydrogens (primary N) is 1. The Morgan fingerprint density at radius 3 is 2.35 bits per heavy atom. The maximum atomic E-state index is 12.1. The summed E-state index contributed by atoms with van der Waals surface area (Å²) in [5.41, 5.74) is 5.78. The quantitative estimate of drug-likeness (QED) is 0.805. The first-order valence-corrected chi connectivity index (χ1v) is 9.45. The Balaban J connectivity index is 1.88. The van der Waals surface area contributed by atoms with E-state index in [1.54, 1.807) is 0 Å². The van der Waals surface area contributed by atoms with Gasteiger partial charge in [-0.2, -0.15) is 0 Å². The van der Waals surface area contributed by atoms with Crippen molar-refractivity contribution in [3.63, 3.8) is 0 Å². The van der Waals surface area contributed by atoms with Gasteiger partial charge >= 0.3 is 0 Å². The molecule has 116 valence electrons. The third-order valence-corrected chi connectivity index (χ3v) is 6.95. The minimum atomic E-state index is -3.23. The molecule has 2 fully saturated rings. The van der Waals surface area contributed by atoms with Gasteiger partial charge in [0.2, 0.25) is 5.91 Å². The Hall–Kier alpha value is -0.620. The molecule has 1 aliphatic heterocycles. The molecule has 0 bridgehead atoms. The van der Waals surface area contributed by atoms with Crippen molar-refractivity contribution in [3.8, 4) is 0 Å². The van der Waals surface area contributed by atoms with Crippen molar-refractivity contribution >= 4 is 15.7 Å². The predicted octanol–water partition coefficient (Wildman–Crippen LogP) is 0.835. The Labute approximate surface area is 121 Å². The molecule has 3 unspecified atom stereocenters. The first-order chi connectivity index (χ1) is 9.54. The van der Waals surface area contributed by atoms with Crippen LogP contribution in [0.15, 0.2) is 0 Å². The second kappa shape index (κ2) is 6.89. The van der Waals surface area contributed by atoms with Crippen LogP contribution >= 0.6 is 0 Å². The highest BCUT2D eigenvalue weighted by atomic mass is 32.2. The highest BCUT2D eigenvalue weighted by Crippen LogP contribution is 2.29. The lowest BCUT2D eigenvalue weighted by molar-refractivity contribution is -0.121. The topological polar surface area (TPSA) is 89.3 Å². The van der Waals surface area contributed by atoms with Crippen LogP contribution in [0.4, 0.5) is 0 Å². The first-order valence-electron chi connectivity index (χ1n) is 7.74. The maximum Gasteiger partial charge on any atom is 0.238 e. The second-order valence-electron chi connectivity index (χ2n) is 6.14. The second-order valence-corrected chi connectivity index (χ2v) is 8.44. The van der Waals surface area contributed by atoms with Crippen molar-refractivity contribution < 1.29 is 13.2 Å². The molecule has 1 saturated carbocycles. The summed E-state index contributed by atoms with van der Waals surface area (Å²) in [7, 11) is -3.23. The lowest BCUT2D eigenvalue weighted by Gasteiger charge is -2.31. The lowest BCUT2D eigenvalue weighted by Crippen LogP contribution is -2.45. The van der Waals surface area contributed by atoms with Crippen molar-refractivity contribution in [2.24, 2.45) is 17.6 Å². The number of hydrogen-bond acceptors (Lipinski definition) is 4. The molecule has 20 heavy (non-hydrogen) atoms. The molecule has 3 N–H and O–H groups in total. The first kappa shape index (κ1) is 15.8. The molecule has 2 aliphatic rings. The number of nitrogens with one attached hydrogen (secondary N) is 1. The van der Waals surface area contributed by atoms with Crippen LogP contribution in [0.25, 0.3) is 0 Å². The standard InChI is InChI=1S/C14H26N2O3S/c15-9-11-5-1-2-6-12(11)10-16-14(17)13-7-3-4-8-20(13,18)19/h11-13H,1-10,15H2,(H,16,17). The summed E-state index contributed by atoms with van der Waals surface area (Å²) in [6.45, 7) is 1.23. The number of amides is 1. The van der Waals surface area contributed by atoms with Crippen molar-refractivity contribution in [2.75, 3.05) is 18.8 Å². The van der Waals surface area contributed by atoms with Gasteiger partial charge in [0.25, 0.3) is 0 Å². The van der Waals surface area contributed by atoms with Crippen molar-refractivity contribution in [1.29, 1.82) is 0 Å². The zero-order valence-electron chi connectivity index (χ0n) is 12.0. The van der Waals surface area contributed by atoms with Gasteiger partial charge in [0.1, 0.15) is 5.25 Å². The van der Waals surface area contributed by atoms with Gasteiger partial charge in [-0.15, -0.1) is 0 Å². The van der Waals surface area contributed by atoms with Crippen molar-refractivity contribution in [3.05, 3.63) is 0 Å². The monoisotopic (exact) mass is 302 g/mol. The zero-order chi connectivity index (χ0) is 14.6. The van der Waals surface area contributed by atoms with Crippen molar-refractivity contribution in [1.82, 2.24) is 5.32 Å². The summed E-state index contributed by atoms with van der Waals surface area (Å²) >= 11 is 0. The Bertz CT molecular complexity index is 436. The van der Waals surface area contributed by atoms with E-state index in [4.69, 9.17) is 5.73 Å². The van der Waals surface area contributed by atoms with Gasteiger partial charge < -0.3 is 11.1 Å². The number of rotatable bonds is 4. The third kappa shape index (κ3) is 3.73. The normalized spacial score (nSPS) is 33.5. The van der Waals surface area contributed by atoms with E-state index < -0.39 is 15.1 Å². The number of sulfone groups is 1. The average molecular weight is 302 g/mol. The average Bonchev–Trinajstić information content (AvgIpc) is 2.44. The molecule has 1 heterocycles. The van der Waals surface area contributed by atoms with E-state index in [1.165, 1.54) is 12.8 Å². The fourth-order valence-corrected chi connectivity index (χ4v) is 5.28. The molecule has 1 amide bonds. The van der Waals surface area contributed by atoms with E-state index in [2.05, 4.69) is 5.32 Å². The zero-order valence-corrected chi connectivity index (χ0v) is 12.8. The predicted molar refractivity (Wildman–Crippen MR) is 78.9 cm³/mol. The minimum Gasteiger partial charge on any atom is -0.355 e. The fourth-order valence-electron chi connectivity index (χ4n) is 3.46. The fraction of sp³-hybridized carbons (Fsp3) is 0.929. The van der Waals surface area contributed by atoms with Gasteiger partial charge in [-0.25, -0.2) is 8.42 Å². The molecular weight excluding hydrogens is 276 g/mol. The Morgan fingerprint density at radius 1 is 1.05 bits per heavy atom. The molecular formula is C14H26N2O3S. The molecule has 0 aromatic heterocycles. The molecule has 6 heteroatoms. The van der Waals surface area contributed by atoms with Crippen LogP contribution in [0.5, 0.6) is 0 Å². The van der Waals surface area contributed by atoms with Gasteiger partial charge in [0.05, 0.1) is 5.75 Å². The molecule has 0 radical (unpaired) electrons. The summed E-state index contributed by atoms with van der Waals surface area (Å²) in [6.07, 6.45) is 6.58. The van der Waals surface area contributed by atoms with Gasteiger partial charge in [0, 0.05) is 6.54 Å². The van der Waals surface area contributed by atoms with E-state index in [1.807, 2.05) is 0 Å². The highest BCUT2D eigenvalue weighted by molar-refractivity contribution is 7.92. The van der Waals surface area contributed by atoms with Gasteiger partial charge in [-0.3, -0.25) is 4.79 Å². The van der Waals surface area contributed by atoms with Crippen LogP contribution in [0.2, 0.25) is 0 Å². The van der Waals surface area contributed by atoms with E-state index >= 15 is 0 Å². The van der Waals surface area contributed by atoms with Crippen molar-refractivity contribution in [2.45, 2.75) is 50.2 Å². The molecule has 0 aromatic carbocycles. The van der Waals surface area contributed by atoms with Crippen LogP contribution in [-0.2, 0) is 14.6 Å². The highest BCUT2D eigenvalue weighted by Gasteiger charge is 2.35. The van der Waals surface area contributed by atoms with Crippen LogP contribution in [-0.4, -0.2) is 38.4 Å². The summed E-state index contributed by atoms with van der Waals surface area (Å²) in [4.78, 5) is 12.1. The Kier molecular flexibility index (Phi) is 5.43. The molecule has 0 spiro atoms. The molecule has 0 aromatic rings. The van der Waals surface area contributed by atoms with Crippen LogP contribution in [0.1, 0.15) is 44.9 Å². The third-order valence-electron chi connectivity index (χ3n) is 4.78. The van der Waals surface area contributed by atoms with Gasteiger partial charge in [-0.1, -0.05) is 19.3 Å².